The number of carbonyl (C=O) groups is 1. The number of rotatable bonds is 5. The van der Waals surface area contributed by atoms with E-state index in [2.05, 4.69) is 25.8 Å². The van der Waals surface area contributed by atoms with E-state index in [1.807, 2.05) is 13.8 Å². The molecule has 0 saturated heterocycles. The number of nitrogens with one attached hydrogen (secondary N) is 2. The van der Waals surface area contributed by atoms with Crippen LogP contribution < -0.4 is 10.6 Å². The number of carbonyl (C=O) groups excluding carboxylic acids is 1. The van der Waals surface area contributed by atoms with E-state index in [4.69, 9.17) is 11.6 Å². The lowest BCUT2D eigenvalue weighted by Crippen LogP contribution is -2.15. The summed E-state index contributed by atoms with van der Waals surface area (Å²) in [4.78, 5) is 16.3. The van der Waals surface area contributed by atoms with E-state index in [1.54, 1.807) is 12.1 Å². The molecule has 0 radical (unpaired) electrons. The number of hydrogen-bond donors (Lipinski definition) is 2. The van der Waals surface area contributed by atoms with Crippen molar-refractivity contribution in [1.29, 1.82) is 0 Å². The van der Waals surface area contributed by atoms with E-state index < -0.39 is 5.91 Å². The number of halogens is 1. The molecular weight excluding hydrogens is 298 g/mol. The van der Waals surface area contributed by atoms with Gasteiger partial charge in [-0.2, -0.15) is 0 Å². The molecule has 2 heterocycles. The molecule has 0 aromatic carbocycles. The summed E-state index contributed by atoms with van der Waals surface area (Å²) >= 11 is 7.34. The lowest BCUT2D eigenvalue weighted by Gasteiger charge is -2.06. The first-order valence-corrected chi connectivity index (χ1v) is 7.37. The summed E-state index contributed by atoms with van der Waals surface area (Å²) in [5, 5.41) is 15.1. The van der Waals surface area contributed by atoms with Gasteiger partial charge in [-0.15, -0.1) is 10.2 Å². The van der Waals surface area contributed by atoms with Crippen LogP contribution in [0.1, 0.15) is 29.3 Å². The fraction of sp³-hybridized carbons (Fsp3) is 0.333. The highest BCUT2D eigenvalue weighted by atomic mass is 35.5. The number of hydrogen-bond acceptors (Lipinski definition) is 6. The number of aromatic nitrogens is 3. The van der Waals surface area contributed by atoms with E-state index in [0.717, 1.165) is 11.4 Å². The second-order valence-corrected chi connectivity index (χ2v) is 5.34. The van der Waals surface area contributed by atoms with Crippen LogP contribution >= 0.6 is 22.9 Å². The van der Waals surface area contributed by atoms with Crippen LogP contribution in [0.5, 0.6) is 0 Å². The van der Waals surface area contributed by atoms with Crippen molar-refractivity contribution in [2.75, 3.05) is 17.2 Å². The Bertz CT molecular complexity index is 616. The van der Waals surface area contributed by atoms with E-state index in [-0.39, 0.29) is 5.69 Å². The summed E-state index contributed by atoms with van der Waals surface area (Å²) in [5.41, 5.74) is 0.165. The number of anilines is 2. The van der Waals surface area contributed by atoms with Gasteiger partial charge in [0.25, 0.3) is 5.91 Å². The quantitative estimate of drug-likeness (QED) is 0.887. The molecule has 1 amide bonds. The first-order valence-electron chi connectivity index (χ1n) is 6.18. The lowest BCUT2D eigenvalue weighted by atomic mass is 10.3. The number of amides is 1. The van der Waals surface area contributed by atoms with Crippen molar-refractivity contribution in [3.8, 4) is 0 Å². The molecule has 2 rings (SSSR count). The minimum atomic E-state index is -0.395. The molecule has 2 aromatic heterocycles. The molecule has 0 aliphatic carbocycles. The Morgan fingerprint density at radius 2 is 2.15 bits per heavy atom. The summed E-state index contributed by atoms with van der Waals surface area (Å²) in [6, 6.07) is 3.36. The molecule has 0 aliphatic rings. The molecule has 0 saturated carbocycles. The van der Waals surface area contributed by atoms with Crippen LogP contribution in [-0.4, -0.2) is 27.6 Å². The maximum absolute atomic E-state index is 12.1. The van der Waals surface area contributed by atoms with Crippen molar-refractivity contribution in [2.24, 2.45) is 0 Å². The van der Waals surface area contributed by atoms with Crippen molar-refractivity contribution in [3.05, 3.63) is 27.9 Å². The van der Waals surface area contributed by atoms with Gasteiger partial charge in [-0.1, -0.05) is 29.9 Å². The molecule has 0 fully saturated rings. The number of nitrogens with zero attached hydrogens (tertiary/aromatic N) is 3. The highest BCUT2D eigenvalue weighted by Crippen LogP contribution is 2.20. The topological polar surface area (TPSA) is 79.8 Å². The van der Waals surface area contributed by atoms with E-state index >= 15 is 0 Å². The Balaban J connectivity index is 2.17. The number of aryl methyl sites for hydroxylation is 1. The molecule has 6 nitrogen and oxygen atoms in total. The highest BCUT2D eigenvalue weighted by molar-refractivity contribution is 7.15. The van der Waals surface area contributed by atoms with E-state index in [9.17, 15) is 4.79 Å². The zero-order valence-corrected chi connectivity index (χ0v) is 12.7. The lowest BCUT2D eigenvalue weighted by molar-refractivity contribution is 0.102. The van der Waals surface area contributed by atoms with Gasteiger partial charge in [-0.25, -0.2) is 4.98 Å². The molecule has 0 aliphatic heterocycles. The molecule has 8 heteroatoms. The SMILES string of the molecule is CCNc1ccc(Cl)c(C(=O)Nc2nnc(CC)s2)n1. The average Bonchev–Trinajstić information content (AvgIpc) is 2.88. The average molecular weight is 312 g/mol. The molecule has 106 valence electrons. The zero-order chi connectivity index (χ0) is 14.5. The standard InChI is InChI=1S/C12H14ClN5OS/c1-3-9-17-18-12(20-9)16-11(19)10-7(13)5-6-8(15-10)14-4-2/h5-6H,3-4H2,1-2H3,(H,14,15)(H,16,18,19). The fourth-order valence-corrected chi connectivity index (χ4v) is 2.35. The third kappa shape index (κ3) is 3.43. The molecule has 0 spiro atoms. The van der Waals surface area contributed by atoms with Crippen molar-refractivity contribution >= 4 is 39.8 Å². The first-order chi connectivity index (χ1) is 9.63. The summed E-state index contributed by atoms with van der Waals surface area (Å²) < 4.78 is 0. The predicted molar refractivity (Wildman–Crippen MR) is 80.7 cm³/mol. The van der Waals surface area contributed by atoms with Gasteiger partial charge in [0.15, 0.2) is 0 Å². The van der Waals surface area contributed by atoms with Crippen LogP contribution in [0.4, 0.5) is 10.9 Å². The third-order valence-corrected chi connectivity index (χ3v) is 3.70. The minimum Gasteiger partial charge on any atom is -0.370 e. The van der Waals surface area contributed by atoms with Crippen LogP contribution in [0.2, 0.25) is 5.02 Å². The zero-order valence-electron chi connectivity index (χ0n) is 11.1. The van der Waals surface area contributed by atoms with Gasteiger partial charge in [0, 0.05) is 6.54 Å². The number of pyridine rings is 1. The fourth-order valence-electron chi connectivity index (χ4n) is 1.48. The van der Waals surface area contributed by atoms with Crippen molar-refractivity contribution in [2.45, 2.75) is 20.3 Å². The molecular formula is C12H14ClN5OS. The van der Waals surface area contributed by atoms with Gasteiger partial charge in [0.2, 0.25) is 5.13 Å². The van der Waals surface area contributed by atoms with Crippen LogP contribution in [0.25, 0.3) is 0 Å². The Morgan fingerprint density at radius 1 is 1.35 bits per heavy atom. The molecule has 20 heavy (non-hydrogen) atoms. The smallest absolute Gasteiger partial charge is 0.277 e. The monoisotopic (exact) mass is 311 g/mol. The van der Waals surface area contributed by atoms with Gasteiger partial charge in [-0.05, 0) is 25.5 Å². The van der Waals surface area contributed by atoms with Crippen molar-refractivity contribution in [1.82, 2.24) is 15.2 Å². The predicted octanol–water partition coefficient (Wildman–Crippen LogP) is 2.83. The molecule has 0 bridgehead atoms. The molecule has 2 N–H and O–H groups in total. The molecule has 0 atom stereocenters. The molecule has 2 aromatic rings. The Kier molecular flexibility index (Phi) is 4.86. The Morgan fingerprint density at radius 3 is 2.80 bits per heavy atom. The Hall–Kier alpha value is -1.73. The maximum atomic E-state index is 12.1. The largest absolute Gasteiger partial charge is 0.370 e. The molecule has 0 unspecified atom stereocenters. The third-order valence-electron chi connectivity index (χ3n) is 2.41. The van der Waals surface area contributed by atoms with Gasteiger partial charge < -0.3 is 5.32 Å². The summed E-state index contributed by atoms with van der Waals surface area (Å²) in [7, 11) is 0. The van der Waals surface area contributed by atoms with E-state index in [1.165, 1.54) is 11.3 Å². The normalized spacial score (nSPS) is 10.3. The van der Waals surface area contributed by atoms with E-state index in [0.29, 0.717) is 22.5 Å². The maximum Gasteiger partial charge on any atom is 0.277 e. The van der Waals surface area contributed by atoms with Crippen LogP contribution in [-0.2, 0) is 6.42 Å². The second-order valence-electron chi connectivity index (χ2n) is 3.87. The van der Waals surface area contributed by atoms with Gasteiger partial charge >= 0.3 is 0 Å². The van der Waals surface area contributed by atoms with Crippen LogP contribution in [0.3, 0.4) is 0 Å². The Labute approximate surface area is 125 Å². The minimum absolute atomic E-state index is 0.165. The van der Waals surface area contributed by atoms with Crippen molar-refractivity contribution < 1.29 is 4.79 Å². The second kappa shape index (κ2) is 6.62. The van der Waals surface area contributed by atoms with Crippen molar-refractivity contribution in [3.63, 3.8) is 0 Å². The summed E-state index contributed by atoms with van der Waals surface area (Å²) in [6.45, 7) is 4.64. The summed E-state index contributed by atoms with van der Waals surface area (Å²) in [6.07, 6.45) is 0.780. The van der Waals surface area contributed by atoms with Gasteiger partial charge in [0.05, 0.1) is 5.02 Å². The highest BCUT2D eigenvalue weighted by Gasteiger charge is 2.15. The van der Waals surface area contributed by atoms with Gasteiger partial charge in [0.1, 0.15) is 16.5 Å². The summed E-state index contributed by atoms with van der Waals surface area (Å²) in [5.74, 6) is 0.210. The van der Waals surface area contributed by atoms with Crippen LogP contribution in [0.15, 0.2) is 12.1 Å². The first kappa shape index (κ1) is 14.7. The van der Waals surface area contributed by atoms with Crippen LogP contribution in [0, 0.1) is 0 Å². The van der Waals surface area contributed by atoms with Gasteiger partial charge in [-0.3, -0.25) is 10.1 Å².